The smallest absolute Gasteiger partial charge is 0.229 e. The summed E-state index contributed by atoms with van der Waals surface area (Å²) >= 11 is 0. The van der Waals surface area contributed by atoms with Crippen molar-refractivity contribution in [1.29, 1.82) is 0 Å². The van der Waals surface area contributed by atoms with Gasteiger partial charge in [-0.15, -0.1) is 0 Å². The van der Waals surface area contributed by atoms with E-state index in [1.54, 1.807) is 12.4 Å². The fourth-order valence-corrected chi connectivity index (χ4v) is 4.94. The summed E-state index contributed by atoms with van der Waals surface area (Å²) in [6.07, 6.45) is 6.07. The normalized spacial score (nSPS) is 20.2. The average Bonchev–Trinajstić information content (AvgIpc) is 3.05. The molecule has 166 valence electrons. The van der Waals surface area contributed by atoms with Crippen molar-refractivity contribution in [3.05, 3.63) is 67.0 Å². The lowest BCUT2D eigenvalue weighted by atomic mass is 10.1. The Balaban J connectivity index is 1.16. The molecule has 2 N–H and O–H groups in total. The maximum Gasteiger partial charge on any atom is 0.229 e. The zero-order valence-electron chi connectivity index (χ0n) is 18.5. The molecule has 4 aromatic rings. The minimum Gasteiger partial charge on any atom is -0.368 e. The van der Waals surface area contributed by atoms with E-state index in [9.17, 15) is 0 Å². The van der Waals surface area contributed by atoms with E-state index in [1.807, 2.05) is 30.3 Å². The van der Waals surface area contributed by atoms with E-state index in [2.05, 4.69) is 71.9 Å². The molecule has 0 radical (unpaired) electrons. The van der Waals surface area contributed by atoms with Crippen LogP contribution >= 0.6 is 0 Å². The number of hydrogen-bond donors (Lipinski definition) is 2. The molecule has 4 heterocycles. The zero-order valence-corrected chi connectivity index (χ0v) is 18.5. The van der Waals surface area contributed by atoms with Crippen LogP contribution in [0, 0.1) is 0 Å². The highest BCUT2D eigenvalue weighted by Gasteiger charge is 2.37. The zero-order chi connectivity index (χ0) is 22.2. The summed E-state index contributed by atoms with van der Waals surface area (Å²) in [5.74, 6) is 1.23. The summed E-state index contributed by atoms with van der Waals surface area (Å²) in [4.78, 5) is 14.1. The van der Waals surface area contributed by atoms with Crippen molar-refractivity contribution in [1.82, 2.24) is 25.1 Å². The number of nitrogens with zero attached hydrogens (tertiary/aromatic N) is 6. The maximum atomic E-state index is 4.62. The van der Waals surface area contributed by atoms with Gasteiger partial charge in [-0.2, -0.15) is 15.2 Å². The van der Waals surface area contributed by atoms with Crippen LogP contribution in [0.2, 0.25) is 0 Å². The fraction of sp³-hybridized carbons (Fsp3) is 0.280. The lowest BCUT2D eigenvalue weighted by molar-refractivity contribution is 0.212. The van der Waals surface area contributed by atoms with Gasteiger partial charge in [0, 0.05) is 48.1 Å². The Hall–Kier alpha value is -3.78. The molecule has 0 aliphatic carbocycles. The lowest BCUT2D eigenvalue weighted by Crippen LogP contribution is -2.51. The van der Waals surface area contributed by atoms with Gasteiger partial charge in [0.1, 0.15) is 5.82 Å². The molecule has 0 spiro atoms. The number of hydrogen-bond acceptors (Lipinski definition) is 8. The molecule has 2 bridgehead atoms. The van der Waals surface area contributed by atoms with Crippen LogP contribution in [0.5, 0.6) is 0 Å². The van der Waals surface area contributed by atoms with Crippen molar-refractivity contribution >= 4 is 39.7 Å². The summed E-state index contributed by atoms with van der Waals surface area (Å²) in [6, 6.07) is 19.6. The molecule has 2 aliphatic rings. The first kappa shape index (κ1) is 19.9. The van der Waals surface area contributed by atoms with Crippen molar-refractivity contribution < 1.29 is 0 Å². The van der Waals surface area contributed by atoms with Crippen LogP contribution in [0.15, 0.2) is 67.0 Å². The minimum atomic E-state index is 0.539. The third-order valence-electron chi connectivity index (χ3n) is 6.80. The Morgan fingerprint density at radius 3 is 2.52 bits per heavy atom. The minimum absolute atomic E-state index is 0.539. The molecule has 2 saturated heterocycles. The third kappa shape index (κ3) is 3.93. The van der Waals surface area contributed by atoms with Gasteiger partial charge in [-0.1, -0.05) is 18.2 Å². The molecule has 8 heteroatoms. The van der Waals surface area contributed by atoms with Crippen LogP contribution in [0.3, 0.4) is 0 Å². The molecular weight excluding hydrogens is 412 g/mol. The van der Waals surface area contributed by atoms with Crippen molar-refractivity contribution in [2.24, 2.45) is 0 Å². The van der Waals surface area contributed by atoms with E-state index in [1.165, 1.54) is 18.5 Å². The molecule has 2 aromatic heterocycles. The Labute approximate surface area is 192 Å². The van der Waals surface area contributed by atoms with Gasteiger partial charge in [0.15, 0.2) is 0 Å². The van der Waals surface area contributed by atoms with Crippen LogP contribution in [0.4, 0.5) is 28.8 Å². The van der Waals surface area contributed by atoms with Crippen molar-refractivity contribution in [3.8, 4) is 0 Å². The largest absolute Gasteiger partial charge is 0.368 e. The van der Waals surface area contributed by atoms with Gasteiger partial charge in [0.25, 0.3) is 0 Å². The van der Waals surface area contributed by atoms with E-state index in [4.69, 9.17) is 0 Å². The molecule has 0 saturated carbocycles. The Kier molecular flexibility index (Phi) is 4.99. The van der Waals surface area contributed by atoms with E-state index < -0.39 is 0 Å². The predicted octanol–water partition coefficient (Wildman–Crippen LogP) is 4.19. The predicted molar refractivity (Wildman–Crippen MR) is 131 cm³/mol. The molecule has 2 fully saturated rings. The molecular formula is C25H26N8. The second kappa shape index (κ2) is 8.29. The van der Waals surface area contributed by atoms with Crippen LogP contribution < -0.4 is 15.5 Å². The highest BCUT2D eigenvalue weighted by Crippen LogP contribution is 2.32. The Morgan fingerprint density at radius 1 is 0.909 bits per heavy atom. The van der Waals surface area contributed by atoms with Crippen molar-refractivity contribution in [3.63, 3.8) is 0 Å². The van der Waals surface area contributed by atoms with Gasteiger partial charge in [-0.05, 0) is 56.3 Å². The SMILES string of the molecule is CN1C2CCC1CN(c1ccc(Nc3nccc(Nc4cnnc5ccccc45)n3)cc1)C2. The quantitative estimate of drug-likeness (QED) is 0.480. The molecule has 2 unspecified atom stereocenters. The van der Waals surface area contributed by atoms with Gasteiger partial charge in [0.05, 0.1) is 17.4 Å². The Morgan fingerprint density at radius 2 is 1.70 bits per heavy atom. The fourth-order valence-electron chi connectivity index (χ4n) is 4.94. The van der Waals surface area contributed by atoms with Crippen molar-refractivity contribution in [2.75, 3.05) is 35.7 Å². The maximum absolute atomic E-state index is 4.62. The molecule has 2 aliphatic heterocycles. The summed E-state index contributed by atoms with van der Waals surface area (Å²) in [7, 11) is 2.27. The van der Waals surface area contributed by atoms with E-state index in [0.717, 1.165) is 35.4 Å². The number of rotatable bonds is 5. The summed E-state index contributed by atoms with van der Waals surface area (Å²) < 4.78 is 0. The van der Waals surface area contributed by atoms with Crippen LogP contribution in [-0.4, -0.2) is 57.3 Å². The number of benzene rings is 2. The Bertz CT molecular complexity index is 1260. The average molecular weight is 439 g/mol. The molecule has 6 rings (SSSR count). The van der Waals surface area contributed by atoms with Crippen LogP contribution in [0.1, 0.15) is 12.8 Å². The van der Waals surface area contributed by atoms with Crippen LogP contribution in [-0.2, 0) is 0 Å². The summed E-state index contributed by atoms with van der Waals surface area (Å²) in [6.45, 7) is 2.21. The van der Waals surface area contributed by atoms with E-state index >= 15 is 0 Å². The number of nitrogens with one attached hydrogen (secondary N) is 2. The highest BCUT2D eigenvalue weighted by atomic mass is 15.3. The second-order valence-corrected chi connectivity index (χ2v) is 8.79. The van der Waals surface area contributed by atoms with Gasteiger partial charge < -0.3 is 15.5 Å². The molecule has 0 amide bonds. The number of anilines is 5. The van der Waals surface area contributed by atoms with Gasteiger partial charge in [-0.3, -0.25) is 4.90 Å². The molecule has 2 aromatic carbocycles. The number of fused-ring (bicyclic) bond motifs is 3. The van der Waals surface area contributed by atoms with E-state index in [-0.39, 0.29) is 0 Å². The van der Waals surface area contributed by atoms with Gasteiger partial charge in [0.2, 0.25) is 5.95 Å². The summed E-state index contributed by atoms with van der Waals surface area (Å²) in [5, 5.41) is 15.9. The third-order valence-corrected chi connectivity index (χ3v) is 6.80. The number of piperazine rings is 1. The van der Waals surface area contributed by atoms with Crippen LogP contribution in [0.25, 0.3) is 10.9 Å². The topological polar surface area (TPSA) is 82.1 Å². The van der Waals surface area contributed by atoms with Crippen molar-refractivity contribution in [2.45, 2.75) is 24.9 Å². The molecule has 2 atom stereocenters. The first-order chi connectivity index (χ1) is 16.2. The van der Waals surface area contributed by atoms with Gasteiger partial charge in [-0.25, -0.2) is 4.98 Å². The number of likely N-dealkylation sites (N-methyl/N-ethyl adjacent to an activating group) is 1. The lowest BCUT2D eigenvalue weighted by Gasteiger charge is -2.40. The first-order valence-corrected chi connectivity index (χ1v) is 11.4. The highest BCUT2D eigenvalue weighted by molar-refractivity contribution is 5.91. The molecule has 33 heavy (non-hydrogen) atoms. The first-order valence-electron chi connectivity index (χ1n) is 11.4. The molecule has 8 nitrogen and oxygen atoms in total. The van der Waals surface area contributed by atoms with Gasteiger partial charge >= 0.3 is 0 Å². The van der Waals surface area contributed by atoms with E-state index in [0.29, 0.717) is 23.8 Å². The summed E-state index contributed by atoms with van der Waals surface area (Å²) in [5.41, 5.74) is 3.93. The standard InChI is InChI=1S/C25H26N8/c1-32-19-10-11-20(32)16-33(15-19)18-8-6-17(7-9-18)28-25-26-13-12-24(30-25)29-23-14-27-31-22-5-3-2-4-21(22)23/h2-9,12-14,19-20H,10-11,15-16H2,1H3,(H2,26,28,29,30,31). The second-order valence-electron chi connectivity index (χ2n) is 8.79. The monoisotopic (exact) mass is 438 g/mol. The number of aromatic nitrogens is 4.